The summed E-state index contributed by atoms with van der Waals surface area (Å²) in [6.45, 7) is 0.215. The first-order valence-electron chi connectivity index (χ1n) is 6.71. The van der Waals surface area contributed by atoms with Crippen molar-refractivity contribution in [1.29, 1.82) is 0 Å². The van der Waals surface area contributed by atoms with Crippen LogP contribution in [0.3, 0.4) is 0 Å². The molecule has 8 heteroatoms. The Hall–Kier alpha value is -3.29. The number of ether oxygens (including phenoxy) is 1. The van der Waals surface area contributed by atoms with Gasteiger partial charge in [-0.15, -0.1) is 0 Å². The SMILES string of the molecule is COc1cc(Cn2cnc3cccc([N+](=O)[O-])c3c2=O)ccn1. The summed E-state index contributed by atoms with van der Waals surface area (Å²) in [6.07, 6.45) is 2.94. The van der Waals surface area contributed by atoms with Crippen LogP contribution in [0.2, 0.25) is 0 Å². The van der Waals surface area contributed by atoms with Crippen molar-refractivity contribution in [1.82, 2.24) is 14.5 Å². The molecule has 3 aromatic rings. The molecule has 0 saturated heterocycles. The molecule has 2 heterocycles. The first-order valence-corrected chi connectivity index (χ1v) is 6.71. The molecule has 0 aliphatic heterocycles. The molecule has 0 unspecified atom stereocenters. The van der Waals surface area contributed by atoms with Crippen LogP contribution in [0.5, 0.6) is 5.88 Å². The molecule has 3 rings (SSSR count). The van der Waals surface area contributed by atoms with E-state index in [-0.39, 0.29) is 17.6 Å². The van der Waals surface area contributed by atoms with E-state index >= 15 is 0 Å². The van der Waals surface area contributed by atoms with Crippen molar-refractivity contribution in [2.75, 3.05) is 7.11 Å². The summed E-state index contributed by atoms with van der Waals surface area (Å²) < 4.78 is 6.36. The number of non-ortho nitro benzene ring substituents is 1. The largest absolute Gasteiger partial charge is 0.481 e. The molecule has 0 bridgehead atoms. The smallest absolute Gasteiger partial charge is 0.284 e. The summed E-state index contributed by atoms with van der Waals surface area (Å²) in [5.74, 6) is 0.426. The van der Waals surface area contributed by atoms with E-state index in [1.165, 1.54) is 30.1 Å². The molecular weight excluding hydrogens is 300 g/mol. The Kier molecular flexibility index (Phi) is 3.71. The predicted molar refractivity (Wildman–Crippen MR) is 82.5 cm³/mol. The van der Waals surface area contributed by atoms with Crippen molar-refractivity contribution >= 4 is 16.6 Å². The van der Waals surface area contributed by atoms with Gasteiger partial charge in [-0.1, -0.05) is 6.07 Å². The fourth-order valence-corrected chi connectivity index (χ4v) is 2.30. The zero-order valence-electron chi connectivity index (χ0n) is 12.2. The van der Waals surface area contributed by atoms with Crippen molar-refractivity contribution in [3.05, 3.63) is 68.9 Å². The highest BCUT2D eigenvalue weighted by molar-refractivity contribution is 5.86. The summed E-state index contributed by atoms with van der Waals surface area (Å²) in [7, 11) is 1.50. The van der Waals surface area contributed by atoms with E-state index in [0.717, 1.165) is 5.56 Å². The second-order valence-corrected chi connectivity index (χ2v) is 4.81. The second kappa shape index (κ2) is 5.84. The minimum Gasteiger partial charge on any atom is -0.481 e. The van der Waals surface area contributed by atoms with Gasteiger partial charge < -0.3 is 4.74 Å². The van der Waals surface area contributed by atoms with Crippen LogP contribution in [-0.2, 0) is 6.54 Å². The number of fused-ring (bicyclic) bond motifs is 1. The maximum atomic E-state index is 12.6. The average molecular weight is 312 g/mol. The number of hydrogen-bond donors (Lipinski definition) is 0. The molecule has 8 nitrogen and oxygen atoms in total. The monoisotopic (exact) mass is 312 g/mol. The van der Waals surface area contributed by atoms with E-state index < -0.39 is 10.5 Å². The quantitative estimate of drug-likeness (QED) is 0.537. The summed E-state index contributed by atoms with van der Waals surface area (Å²) in [4.78, 5) is 31.3. The standard InChI is InChI=1S/C15H12N4O4/c1-23-13-7-10(5-6-16-13)8-18-9-17-11-3-2-4-12(19(21)22)14(11)15(18)20/h2-7,9H,8H2,1H3. The minimum atomic E-state index is -0.578. The Morgan fingerprint density at radius 3 is 2.87 bits per heavy atom. The van der Waals surface area contributed by atoms with Crippen LogP contribution in [0, 0.1) is 10.1 Å². The van der Waals surface area contributed by atoms with Gasteiger partial charge in [0.05, 0.1) is 30.4 Å². The molecule has 2 aromatic heterocycles. The molecule has 0 aliphatic rings. The van der Waals surface area contributed by atoms with Crippen LogP contribution in [0.15, 0.2) is 47.7 Å². The maximum Gasteiger partial charge on any atom is 0.284 e. The highest BCUT2D eigenvalue weighted by Gasteiger charge is 2.17. The third-order valence-corrected chi connectivity index (χ3v) is 3.39. The number of hydrogen-bond acceptors (Lipinski definition) is 6. The van der Waals surface area contributed by atoms with E-state index in [1.54, 1.807) is 24.4 Å². The third kappa shape index (κ3) is 2.73. The highest BCUT2D eigenvalue weighted by atomic mass is 16.6. The lowest BCUT2D eigenvalue weighted by Crippen LogP contribution is -2.22. The van der Waals surface area contributed by atoms with E-state index in [1.807, 2.05) is 0 Å². The van der Waals surface area contributed by atoms with Crippen LogP contribution in [-0.4, -0.2) is 26.6 Å². The van der Waals surface area contributed by atoms with Crippen LogP contribution in [0.4, 0.5) is 5.69 Å². The number of nitro groups is 1. The Bertz CT molecular complexity index is 952. The number of benzene rings is 1. The molecule has 1 aromatic carbocycles. The Balaban J connectivity index is 2.12. The first-order chi connectivity index (χ1) is 11.1. The molecule has 0 aliphatic carbocycles. The van der Waals surface area contributed by atoms with Gasteiger partial charge >= 0.3 is 0 Å². The molecule has 0 spiro atoms. The lowest BCUT2D eigenvalue weighted by Gasteiger charge is -2.08. The zero-order chi connectivity index (χ0) is 16.4. The van der Waals surface area contributed by atoms with Crippen LogP contribution < -0.4 is 10.3 Å². The highest BCUT2D eigenvalue weighted by Crippen LogP contribution is 2.20. The number of methoxy groups -OCH3 is 1. The van der Waals surface area contributed by atoms with Gasteiger partial charge in [-0.2, -0.15) is 0 Å². The van der Waals surface area contributed by atoms with Gasteiger partial charge in [0.15, 0.2) is 0 Å². The fraction of sp³-hybridized carbons (Fsp3) is 0.133. The fourth-order valence-electron chi connectivity index (χ4n) is 2.30. The van der Waals surface area contributed by atoms with Crippen molar-refractivity contribution in [3.63, 3.8) is 0 Å². The second-order valence-electron chi connectivity index (χ2n) is 4.81. The maximum absolute atomic E-state index is 12.6. The Morgan fingerprint density at radius 2 is 2.13 bits per heavy atom. The van der Waals surface area contributed by atoms with Crippen molar-refractivity contribution < 1.29 is 9.66 Å². The van der Waals surface area contributed by atoms with Gasteiger partial charge in [-0.25, -0.2) is 9.97 Å². The summed E-state index contributed by atoms with van der Waals surface area (Å²) in [5.41, 5.74) is 0.367. The first kappa shape index (κ1) is 14.6. The molecule has 23 heavy (non-hydrogen) atoms. The average Bonchev–Trinajstić information content (AvgIpc) is 2.57. The van der Waals surface area contributed by atoms with Gasteiger partial charge in [0, 0.05) is 18.3 Å². The van der Waals surface area contributed by atoms with E-state index in [9.17, 15) is 14.9 Å². The van der Waals surface area contributed by atoms with Crippen molar-refractivity contribution in [2.24, 2.45) is 0 Å². The van der Waals surface area contributed by atoms with Gasteiger partial charge in [0.1, 0.15) is 5.39 Å². The molecule has 0 amide bonds. The normalized spacial score (nSPS) is 10.7. The number of pyridine rings is 1. The molecule has 0 fully saturated rings. The topological polar surface area (TPSA) is 100 Å². The molecule has 0 atom stereocenters. The number of nitrogens with zero attached hydrogens (tertiary/aromatic N) is 4. The van der Waals surface area contributed by atoms with Crippen LogP contribution in [0.25, 0.3) is 10.9 Å². The molecule has 0 N–H and O–H groups in total. The lowest BCUT2D eigenvalue weighted by atomic mass is 10.2. The van der Waals surface area contributed by atoms with E-state index in [2.05, 4.69) is 9.97 Å². The Labute approximate surface area is 130 Å². The van der Waals surface area contributed by atoms with E-state index in [0.29, 0.717) is 11.4 Å². The van der Waals surface area contributed by atoms with Gasteiger partial charge in [0.25, 0.3) is 11.2 Å². The number of nitro benzene ring substituents is 1. The van der Waals surface area contributed by atoms with Gasteiger partial charge in [-0.05, 0) is 17.7 Å². The summed E-state index contributed by atoms with van der Waals surface area (Å²) in [6, 6.07) is 7.80. The summed E-state index contributed by atoms with van der Waals surface area (Å²) >= 11 is 0. The number of rotatable bonds is 4. The van der Waals surface area contributed by atoms with Gasteiger partial charge in [-0.3, -0.25) is 19.5 Å². The van der Waals surface area contributed by atoms with Gasteiger partial charge in [0.2, 0.25) is 5.88 Å². The van der Waals surface area contributed by atoms with Crippen LogP contribution in [0.1, 0.15) is 5.56 Å². The molecule has 0 saturated carbocycles. The molecular formula is C15H12N4O4. The Morgan fingerprint density at radius 1 is 1.30 bits per heavy atom. The van der Waals surface area contributed by atoms with Crippen LogP contribution >= 0.6 is 0 Å². The van der Waals surface area contributed by atoms with E-state index in [4.69, 9.17) is 4.74 Å². The molecule has 116 valence electrons. The molecule has 0 radical (unpaired) electrons. The lowest BCUT2D eigenvalue weighted by molar-refractivity contribution is -0.383. The van der Waals surface area contributed by atoms with Crippen molar-refractivity contribution in [3.8, 4) is 5.88 Å². The minimum absolute atomic E-state index is 0.000945. The summed E-state index contributed by atoms with van der Waals surface area (Å²) in [5, 5.41) is 11.1. The van der Waals surface area contributed by atoms with Crippen molar-refractivity contribution in [2.45, 2.75) is 6.54 Å². The third-order valence-electron chi connectivity index (χ3n) is 3.39. The zero-order valence-corrected chi connectivity index (χ0v) is 12.2. The number of aromatic nitrogens is 3. The predicted octanol–water partition coefficient (Wildman–Crippen LogP) is 1.76.